The maximum absolute atomic E-state index is 12.2. The molecule has 3 rings (SSSR count). The fourth-order valence-corrected chi connectivity index (χ4v) is 3.65. The van der Waals surface area contributed by atoms with Gasteiger partial charge in [0.25, 0.3) is 0 Å². The Labute approximate surface area is 143 Å². The first-order valence-electron chi connectivity index (χ1n) is 8.06. The van der Waals surface area contributed by atoms with Crippen LogP contribution in [0.2, 0.25) is 0 Å². The van der Waals surface area contributed by atoms with Crippen LogP contribution >= 0.6 is 12.4 Å². The molecule has 1 heterocycles. The van der Waals surface area contributed by atoms with Crippen molar-refractivity contribution in [2.45, 2.75) is 25.7 Å². The summed E-state index contributed by atoms with van der Waals surface area (Å²) in [4.78, 5) is 26.1. The van der Waals surface area contributed by atoms with E-state index in [-0.39, 0.29) is 30.1 Å². The topological polar surface area (TPSA) is 75.4 Å². The largest absolute Gasteiger partial charge is 0.354 e. The van der Waals surface area contributed by atoms with Gasteiger partial charge in [-0.15, -0.1) is 12.4 Å². The molecule has 2 amide bonds. The SMILES string of the molecule is Cl.NC[C@H]1CCC[C@H]1C(=O)NCCN1C(=O)Cc2ccccc21. The molecule has 1 saturated carbocycles. The number of carbonyl (C=O) groups is 2. The van der Waals surface area contributed by atoms with Crippen molar-refractivity contribution < 1.29 is 9.59 Å². The van der Waals surface area contributed by atoms with E-state index in [4.69, 9.17) is 5.73 Å². The van der Waals surface area contributed by atoms with E-state index in [0.29, 0.717) is 32.0 Å². The van der Waals surface area contributed by atoms with Gasteiger partial charge in [0.05, 0.1) is 6.42 Å². The van der Waals surface area contributed by atoms with Crippen LogP contribution in [0.4, 0.5) is 5.69 Å². The molecule has 1 aliphatic carbocycles. The number of fused-ring (bicyclic) bond motifs is 1. The third-order valence-corrected chi connectivity index (χ3v) is 4.86. The number of nitrogens with one attached hydrogen (secondary N) is 1. The fourth-order valence-electron chi connectivity index (χ4n) is 3.65. The fraction of sp³-hybridized carbons (Fsp3) is 0.529. The molecule has 3 N–H and O–H groups in total. The van der Waals surface area contributed by atoms with Gasteiger partial charge in [0, 0.05) is 24.7 Å². The number of halogens is 1. The van der Waals surface area contributed by atoms with E-state index in [1.807, 2.05) is 24.3 Å². The van der Waals surface area contributed by atoms with Crippen LogP contribution in [0.5, 0.6) is 0 Å². The molecule has 1 aromatic rings. The molecule has 2 aliphatic rings. The highest BCUT2D eigenvalue weighted by atomic mass is 35.5. The van der Waals surface area contributed by atoms with Crippen molar-refractivity contribution in [1.29, 1.82) is 0 Å². The van der Waals surface area contributed by atoms with E-state index in [1.165, 1.54) is 0 Å². The number of amides is 2. The summed E-state index contributed by atoms with van der Waals surface area (Å²) in [6.07, 6.45) is 3.52. The monoisotopic (exact) mass is 337 g/mol. The highest BCUT2D eigenvalue weighted by Gasteiger charge is 2.32. The van der Waals surface area contributed by atoms with Crippen LogP contribution in [0.3, 0.4) is 0 Å². The van der Waals surface area contributed by atoms with Gasteiger partial charge >= 0.3 is 0 Å². The van der Waals surface area contributed by atoms with Crippen LogP contribution in [0.15, 0.2) is 24.3 Å². The van der Waals surface area contributed by atoms with Crippen molar-refractivity contribution in [3.63, 3.8) is 0 Å². The normalized spacial score (nSPS) is 22.7. The molecule has 1 aliphatic heterocycles. The molecule has 1 fully saturated rings. The molecule has 6 heteroatoms. The molecule has 0 bridgehead atoms. The molecule has 0 unspecified atom stereocenters. The second-order valence-electron chi connectivity index (χ2n) is 6.18. The predicted octanol–water partition coefficient (Wildman–Crippen LogP) is 1.49. The summed E-state index contributed by atoms with van der Waals surface area (Å²) in [5.41, 5.74) is 7.77. The number of anilines is 1. The van der Waals surface area contributed by atoms with Crippen molar-refractivity contribution in [2.24, 2.45) is 17.6 Å². The van der Waals surface area contributed by atoms with Gasteiger partial charge < -0.3 is 16.0 Å². The van der Waals surface area contributed by atoms with Gasteiger partial charge in [-0.05, 0) is 36.9 Å². The first kappa shape index (κ1) is 17.8. The van der Waals surface area contributed by atoms with Crippen molar-refractivity contribution in [3.05, 3.63) is 29.8 Å². The van der Waals surface area contributed by atoms with Gasteiger partial charge in [-0.3, -0.25) is 9.59 Å². The predicted molar refractivity (Wildman–Crippen MR) is 92.6 cm³/mol. The van der Waals surface area contributed by atoms with Gasteiger partial charge in [0.15, 0.2) is 0 Å². The minimum atomic E-state index is 0. The third-order valence-electron chi connectivity index (χ3n) is 4.86. The zero-order chi connectivity index (χ0) is 15.5. The van der Waals surface area contributed by atoms with Crippen molar-refractivity contribution in [3.8, 4) is 0 Å². The molecule has 0 aromatic heterocycles. The van der Waals surface area contributed by atoms with E-state index in [0.717, 1.165) is 30.5 Å². The number of benzene rings is 1. The van der Waals surface area contributed by atoms with E-state index in [1.54, 1.807) is 4.90 Å². The molecule has 5 nitrogen and oxygen atoms in total. The Hall–Kier alpha value is -1.59. The molecule has 2 atom stereocenters. The summed E-state index contributed by atoms with van der Waals surface area (Å²) in [7, 11) is 0. The number of para-hydroxylation sites is 1. The summed E-state index contributed by atoms with van der Waals surface area (Å²) >= 11 is 0. The summed E-state index contributed by atoms with van der Waals surface area (Å²) < 4.78 is 0. The lowest BCUT2D eigenvalue weighted by atomic mass is 9.95. The van der Waals surface area contributed by atoms with Gasteiger partial charge in [-0.1, -0.05) is 24.6 Å². The second-order valence-corrected chi connectivity index (χ2v) is 6.18. The highest BCUT2D eigenvalue weighted by Crippen LogP contribution is 2.31. The molecule has 0 spiro atoms. The maximum Gasteiger partial charge on any atom is 0.231 e. The second kappa shape index (κ2) is 7.79. The Balaban J connectivity index is 0.00000192. The standard InChI is InChI=1S/C17H23N3O2.ClH/c18-11-13-5-3-6-14(13)17(22)19-8-9-20-15-7-2-1-4-12(15)10-16(20)21;/h1-2,4,7,13-14H,3,5-6,8-11,18H2,(H,19,22);1H/t13-,14-;/m1./s1. The van der Waals surface area contributed by atoms with E-state index >= 15 is 0 Å². The van der Waals surface area contributed by atoms with Crippen LogP contribution in [0, 0.1) is 11.8 Å². The molecule has 126 valence electrons. The average molecular weight is 338 g/mol. The van der Waals surface area contributed by atoms with Crippen molar-refractivity contribution >= 4 is 29.9 Å². The first-order valence-corrected chi connectivity index (χ1v) is 8.06. The summed E-state index contributed by atoms with van der Waals surface area (Å²) in [6, 6.07) is 7.83. The van der Waals surface area contributed by atoms with Gasteiger partial charge in [-0.2, -0.15) is 0 Å². The molecular formula is C17H24ClN3O2. The van der Waals surface area contributed by atoms with Gasteiger partial charge in [0.1, 0.15) is 0 Å². The Morgan fingerprint density at radius 2 is 2.09 bits per heavy atom. The molecule has 0 radical (unpaired) electrons. The van der Waals surface area contributed by atoms with E-state index < -0.39 is 0 Å². The van der Waals surface area contributed by atoms with E-state index in [2.05, 4.69) is 5.32 Å². The van der Waals surface area contributed by atoms with Crippen molar-refractivity contribution in [2.75, 3.05) is 24.5 Å². The lowest BCUT2D eigenvalue weighted by molar-refractivity contribution is -0.126. The molecule has 23 heavy (non-hydrogen) atoms. The number of hydrogen-bond acceptors (Lipinski definition) is 3. The third kappa shape index (κ3) is 3.67. The van der Waals surface area contributed by atoms with E-state index in [9.17, 15) is 9.59 Å². The number of carbonyl (C=O) groups excluding carboxylic acids is 2. The molecular weight excluding hydrogens is 314 g/mol. The van der Waals surface area contributed by atoms with Crippen LogP contribution in [0.1, 0.15) is 24.8 Å². The Morgan fingerprint density at radius 3 is 2.87 bits per heavy atom. The number of hydrogen-bond donors (Lipinski definition) is 2. The average Bonchev–Trinajstić information content (AvgIpc) is 3.11. The Morgan fingerprint density at radius 1 is 1.30 bits per heavy atom. The zero-order valence-corrected chi connectivity index (χ0v) is 14.0. The Kier molecular flexibility index (Phi) is 6.02. The minimum absolute atomic E-state index is 0. The summed E-state index contributed by atoms with van der Waals surface area (Å²) in [6.45, 7) is 1.60. The van der Waals surface area contributed by atoms with Crippen LogP contribution in [-0.2, 0) is 16.0 Å². The van der Waals surface area contributed by atoms with Crippen molar-refractivity contribution in [1.82, 2.24) is 5.32 Å². The number of nitrogens with zero attached hydrogens (tertiary/aromatic N) is 1. The summed E-state index contributed by atoms with van der Waals surface area (Å²) in [5, 5.41) is 2.98. The quantitative estimate of drug-likeness (QED) is 0.854. The van der Waals surface area contributed by atoms with Crippen LogP contribution < -0.4 is 16.0 Å². The molecule has 0 saturated heterocycles. The van der Waals surface area contributed by atoms with Gasteiger partial charge in [0.2, 0.25) is 11.8 Å². The smallest absolute Gasteiger partial charge is 0.231 e. The molecule has 1 aromatic carbocycles. The highest BCUT2D eigenvalue weighted by molar-refractivity contribution is 6.01. The maximum atomic E-state index is 12.2. The van der Waals surface area contributed by atoms with Crippen LogP contribution in [-0.4, -0.2) is 31.4 Å². The van der Waals surface area contributed by atoms with Gasteiger partial charge in [-0.25, -0.2) is 0 Å². The lowest BCUT2D eigenvalue weighted by Gasteiger charge is -2.20. The first-order chi connectivity index (χ1) is 10.7. The number of rotatable bonds is 5. The zero-order valence-electron chi connectivity index (χ0n) is 13.2. The van der Waals surface area contributed by atoms with Crippen LogP contribution in [0.25, 0.3) is 0 Å². The summed E-state index contributed by atoms with van der Waals surface area (Å²) in [5.74, 6) is 0.560. The minimum Gasteiger partial charge on any atom is -0.354 e. The number of nitrogens with two attached hydrogens (primary N) is 1. The lowest BCUT2D eigenvalue weighted by Crippen LogP contribution is -2.40. The Bertz CT molecular complexity index is 579.